The molecule has 7 heteroatoms. The third-order valence-corrected chi connectivity index (χ3v) is 5.56. The summed E-state index contributed by atoms with van der Waals surface area (Å²) in [5.74, 6) is 0.612. The molecule has 6 nitrogen and oxygen atoms in total. The van der Waals surface area contributed by atoms with Crippen molar-refractivity contribution in [1.82, 2.24) is 9.97 Å². The van der Waals surface area contributed by atoms with E-state index in [-0.39, 0.29) is 5.91 Å². The van der Waals surface area contributed by atoms with Gasteiger partial charge in [-0.05, 0) is 76.7 Å². The van der Waals surface area contributed by atoms with Crippen molar-refractivity contribution in [3.63, 3.8) is 0 Å². The molecule has 0 fully saturated rings. The second kappa shape index (κ2) is 9.57. The van der Waals surface area contributed by atoms with Crippen molar-refractivity contribution < 1.29 is 4.79 Å². The number of anilines is 3. The van der Waals surface area contributed by atoms with E-state index in [2.05, 4.69) is 38.2 Å². The predicted molar refractivity (Wildman–Crippen MR) is 133 cm³/mol. The van der Waals surface area contributed by atoms with Crippen molar-refractivity contribution in [1.29, 1.82) is 0 Å². The van der Waals surface area contributed by atoms with Crippen molar-refractivity contribution in [3.8, 4) is 11.3 Å². The number of carbonyl (C=O) groups excluding carboxylic acids is 1. The first-order valence-electron chi connectivity index (χ1n) is 9.66. The van der Waals surface area contributed by atoms with Crippen LogP contribution in [0.1, 0.15) is 15.9 Å². The van der Waals surface area contributed by atoms with Gasteiger partial charge in [0, 0.05) is 30.1 Å². The van der Waals surface area contributed by atoms with E-state index in [9.17, 15) is 4.79 Å². The van der Waals surface area contributed by atoms with Crippen LogP contribution in [0, 0.1) is 3.57 Å². The number of aromatic nitrogens is 2. The summed E-state index contributed by atoms with van der Waals surface area (Å²) in [4.78, 5) is 21.4. The maximum absolute atomic E-state index is 12.5. The van der Waals surface area contributed by atoms with Crippen LogP contribution in [0.2, 0.25) is 0 Å². The standard InChI is InChI=1S/C24H20IN5O/c25-19-11-12-21(18-4-3-13-27-15-18)29-23(19)28-14-16-7-9-17(10-8-16)24(31)30-22-6-2-1-5-20(22)26/h1-13,15H,14,26H2,(H,28,29)(H,30,31). The number of hydrogen-bond donors (Lipinski definition) is 3. The summed E-state index contributed by atoms with van der Waals surface area (Å²) in [6.07, 6.45) is 3.54. The van der Waals surface area contributed by atoms with Gasteiger partial charge in [0.1, 0.15) is 5.82 Å². The highest BCUT2D eigenvalue weighted by molar-refractivity contribution is 14.1. The number of nitrogens with zero attached hydrogens (tertiary/aromatic N) is 2. The number of rotatable bonds is 6. The van der Waals surface area contributed by atoms with Crippen molar-refractivity contribution >= 4 is 45.7 Å². The van der Waals surface area contributed by atoms with Crippen LogP contribution in [0.15, 0.2) is 85.2 Å². The Morgan fingerprint density at radius 2 is 1.77 bits per heavy atom. The van der Waals surface area contributed by atoms with Gasteiger partial charge in [0.15, 0.2) is 0 Å². The Kier molecular flexibility index (Phi) is 6.42. The van der Waals surface area contributed by atoms with E-state index in [0.717, 1.165) is 26.2 Å². The summed E-state index contributed by atoms with van der Waals surface area (Å²) < 4.78 is 1.03. The maximum Gasteiger partial charge on any atom is 0.255 e. The second-order valence-electron chi connectivity index (χ2n) is 6.86. The zero-order valence-corrected chi connectivity index (χ0v) is 18.7. The van der Waals surface area contributed by atoms with Crippen molar-refractivity contribution in [3.05, 3.63) is 99.9 Å². The number of nitrogen functional groups attached to an aromatic ring is 1. The summed E-state index contributed by atoms with van der Waals surface area (Å²) in [7, 11) is 0. The topological polar surface area (TPSA) is 92.9 Å². The summed E-state index contributed by atoms with van der Waals surface area (Å²) in [5, 5.41) is 6.22. The molecule has 4 N–H and O–H groups in total. The van der Waals surface area contributed by atoms with Crippen LogP contribution in [0.3, 0.4) is 0 Å². The van der Waals surface area contributed by atoms with E-state index < -0.39 is 0 Å². The molecule has 0 bridgehead atoms. The molecule has 0 unspecified atom stereocenters. The van der Waals surface area contributed by atoms with Crippen LogP contribution >= 0.6 is 22.6 Å². The molecule has 31 heavy (non-hydrogen) atoms. The fourth-order valence-corrected chi connectivity index (χ4v) is 3.50. The quantitative estimate of drug-likeness (QED) is 0.240. The Bertz CT molecular complexity index is 1200. The monoisotopic (exact) mass is 521 g/mol. The summed E-state index contributed by atoms with van der Waals surface area (Å²) in [5.41, 5.74) is 10.5. The lowest BCUT2D eigenvalue weighted by molar-refractivity contribution is 0.102. The predicted octanol–water partition coefficient (Wildman–Crippen LogP) is 5.19. The lowest BCUT2D eigenvalue weighted by Gasteiger charge is -2.11. The van der Waals surface area contributed by atoms with Gasteiger partial charge in [-0.1, -0.05) is 24.3 Å². The molecule has 4 aromatic rings. The molecule has 2 heterocycles. The molecule has 2 aromatic heterocycles. The molecule has 0 aliphatic carbocycles. The molecule has 0 radical (unpaired) electrons. The first kappa shape index (κ1) is 20.8. The molecule has 154 valence electrons. The van der Waals surface area contributed by atoms with E-state index in [1.807, 2.05) is 48.5 Å². The molecular weight excluding hydrogens is 501 g/mol. The molecule has 0 aliphatic heterocycles. The van der Waals surface area contributed by atoms with Crippen molar-refractivity contribution in [2.75, 3.05) is 16.4 Å². The fraction of sp³-hybridized carbons (Fsp3) is 0.0417. The van der Waals surface area contributed by atoms with E-state index >= 15 is 0 Å². The second-order valence-corrected chi connectivity index (χ2v) is 8.02. The first-order chi connectivity index (χ1) is 15.1. The number of benzene rings is 2. The molecule has 0 atom stereocenters. The highest BCUT2D eigenvalue weighted by Gasteiger charge is 2.09. The van der Waals surface area contributed by atoms with E-state index in [4.69, 9.17) is 10.7 Å². The molecule has 0 spiro atoms. The van der Waals surface area contributed by atoms with Gasteiger partial charge in [-0.3, -0.25) is 9.78 Å². The van der Waals surface area contributed by atoms with Gasteiger partial charge in [-0.15, -0.1) is 0 Å². The number of pyridine rings is 2. The first-order valence-corrected chi connectivity index (χ1v) is 10.7. The number of carbonyl (C=O) groups is 1. The van der Waals surface area contributed by atoms with Gasteiger partial charge in [0.2, 0.25) is 0 Å². The Balaban J connectivity index is 1.42. The minimum absolute atomic E-state index is 0.196. The Hall–Kier alpha value is -3.46. The number of nitrogens with two attached hydrogens (primary N) is 1. The summed E-state index contributed by atoms with van der Waals surface area (Å²) in [6, 6.07) is 22.5. The largest absolute Gasteiger partial charge is 0.397 e. The minimum Gasteiger partial charge on any atom is -0.397 e. The summed E-state index contributed by atoms with van der Waals surface area (Å²) in [6.45, 7) is 0.590. The number of halogens is 1. The van der Waals surface area contributed by atoms with Gasteiger partial charge >= 0.3 is 0 Å². The number of hydrogen-bond acceptors (Lipinski definition) is 5. The Morgan fingerprint density at radius 1 is 0.968 bits per heavy atom. The van der Waals surface area contributed by atoms with Crippen LogP contribution in [0.4, 0.5) is 17.2 Å². The van der Waals surface area contributed by atoms with Gasteiger partial charge in [0.25, 0.3) is 5.91 Å². The number of para-hydroxylation sites is 2. The minimum atomic E-state index is -0.196. The molecule has 0 saturated carbocycles. The average Bonchev–Trinajstić information content (AvgIpc) is 2.81. The number of amides is 1. The van der Waals surface area contributed by atoms with Crippen LogP contribution in [-0.4, -0.2) is 15.9 Å². The molecule has 0 saturated heterocycles. The van der Waals surface area contributed by atoms with Gasteiger partial charge < -0.3 is 16.4 Å². The molecule has 1 amide bonds. The zero-order chi connectivity index (χ0) is 21.6. The van der Waals surface area contributed by atoms with Gasteiger partial charge in [-0.25, -0.2) is 4.98 Å². The normalized spacial score (nSPS) is 10.5. The number of nitrogens with one attached hydrogen (secondary N) is 2. The van der Waals surface area contributed by atoms with Crippen LogP contribution in [0.5, 0.6) is 0 Å². The van der Waals surface area contributed by atoms with E-state index in [1.165, 1.54) is 0 Å². The molecular formula is C24H20IN5O. The van der Waals surface area contributed by atoms with Crippen molar-refractivity contribution in [2.24, 2.45) is 0 Å². The summed E-state index contributed by atoms with van der Waals surface area (Å²) >= 11 is 2.26. The van der Waals surface area contributed by atoms with Gasteiger partial charge in [0.05, 0.1) is 20.6 Å². The zero-order valence-electron chi connectivity index (χ0n) is 16.5. The van der Waals surface area contributed by atoms with Crippen LogP contribution in [0.25, 0.3) is 11.3 Å². The SMILES string of the molecule is Nc1ccccc1NC(=O)c1ccc(CNc2nc(-c3cccnc3)ccc2I)cc1. The lowest BCUT2D eigenvalue weighted by atomic mass is 10.1. The third kappa shape index (κ3) is 5.18. The average molecular weight is 521 g/mol. The van der Waals surface area contributed by atoms with Gasteiger partial charge in [-0.2, -0.15) is 0 Å². The molecule has 4 rings (SSSR count). The van der Waals surface area contributed by atoms with Crippen molar-refractivity contribution in [2.45, 2.75) is 6.54 Å². The Morgan fingerprint density at radius 3 is 2.52 bits per heavy atom. The van der Waals surface area contributed by atoms with Crippen LogP contribution in [-0.2, 0) is 6.54 Å². The molecule has 2 aromatic carbocycles. The smallest absolute Gasteiger partial charge is 0.255 e. The Labute approximate surface area is 194 Å². The molecule has 0 aliphatic rings. The lowest BCUT2D eigenvalue weighted by Crippen LogP contribution is -2.13. The highest BCUT2D eigenvalue weighted by Crippen LogP contribution is 2.23. The highest BCUT2D eigenvalue weighted by atomic mass is 127. The fourth-order valence-electron chi connectivity index (χ4n) is 3.01. The van der Waals surface area contributed by atoms with Crippen LogP contribution < -0.4 is 16.4 Å². The maximum atomic E-state index is 12.5. The third-order valence-electron chi connectivity index (χ3n) is 4.69. The van der Waals surface area contributed by atoms with E-state index in [0.29, 0.717) is 23.5 Å². The van der Waals surface area contributed by atoms with E-state index in [1.54, 1.807) is 36.7 Å².